The zero-order valence-electron chi connectivity index (χ0n) is 7.56. The maximum Gasteiger partial charge on any atom is 0.0675 e. The lowest BCUT2D eigenvalue weighted by molar-refractivity contribution is 0.111. The Morgan fingerprint density at radius 3 is 2.36 bits per heavy atom. The Morgan fingerprint density at radius 1 is 1.45 bits per heavy atom. The fourth-order valence-electron chi connectivity index (χ4n) is 1.42. The minimum absolute atomic E-state index is 0.414. The van der Waals surface area contributed by atoms with Crippen LogP contribution in [0.5, 0.6) is 0 Å². The molecule has 1 aliphatic rings. The van der Waals surface area contributed by atoms with Crippen molar-refractivity contribution in [3.05, 3.63) is 0 Å². The van der Waals surface area contributed by atoms with Gasteiger partial charge in [0.05, 0.1) is 12.7 Å². The summed E-state index contributed by atoms with van der Waals surface area (Å²) < 4.78 is 5.59. The zero-order chi connectivity index (χ0) is 8.48. The van der Waals surface area contributed by atoms with E-state index in [-0.39, 0.29) is 0 Å². The SMILES string of the molecule is CC(C)(C)C1COC(CBr)C1. The third kappa shape index (κ3) is 2.45. The number of alkyl halides is 1. The Kier molecular flexibility index (Phi) is 2.98. The summed E-state index contributed by atoms with van der Waals surface area (Å²) in [4.78, 5) is 0. The third-order valence-corrected chi connectivity index (χ3v) is 3.20. The van der Waals surface area contributed by atoms with Crippen LogP contribution in [0.15, 0.2) is 0 Å². The van der Waals surface area contributed by atoms with Gasteiger partial charge in [-0.25, -0.2) is 0 Å². The lowest BCUT2D eigenvalue weighted by Crippen LogP contribution is -2.20. The molecule has 0 aromatic rings. The summed E-state index contributed by atoms with van der Waals surface area (Å²) in [5, 5.41) is 0.986. The van der Waals surface area contributed by atoms with Crippen molar-refractivity contribution in [2.24, 2.45) is 11.3 Å². The molecule has 0 N–H and O–H groups in total. The fourth-order valence-corrected chi connectivity index (χ4v) is 1.87. The monoisotopic (exact) mass is 220 g/mol. The maximum atomic E-state index is 5.59. The zero-order valence-corrected chi connectivity index (χ0v) is 9.15. The van der Waals surface area contributed by atoms with Gasteiger partial charge in [-0.2, -0.15) is 0 Å². The second kappa shape index (κ2) is 3.44. The second-order valence-electron chi connectivity index (χ2n) is 4.41. The van der Waals surface area contributed by atoms with Gasteiger partial charge in [-0.05, 0) is 17.8 Å². The van der Waals surface area contributed by atoms with Gasteiger partial charge in [0.2, 0.25) is 0 Å². The highest BCUT2D eigenvalue weighted by Gasteiger charge is 2.32. The summed E-state index contributed by atoms with van der Waals surface area (Å²) in [7, 11) is 0. The van der Waals surface area contributed by atoms with Crippen molar-refractivity contribution in [3.8, 4) is 0 Å². The molecule has 2 atom stereocenters. The summed E-state index contributed by atoms with van der Waals surface area (Å²) in [5.74, 6) is 0.741. The molecule has 0 saturated carbocycles. The van der Waals surface area contributed by atoms with E-state index in [2.05, 4.69) is 36.7 Å². The van der Waals surface area contributed by atoms with Gasteiger partial charge >= 0.3 is 0 Å². The van der Waals surface area contributed by atoms with Crippen LogP contribution in [0, 0.1) is 11.3 Å². The summed E-state index contributed by atoms with van der Waals surface area (Å²) in [6.45, 7) is 7.81. The molecule has 1 heterocycles. The molecular formula is C9H17BrO. The van der Waals surface area contributed by atoms with Gasteiger partial charge in [0.15, 0.2) is 0 Å². The molecule has 0 radical (unpaired) electrons. The number of ether oxygens (including phenoxy) is 1. The molecule has 0 aromatic carbocycles. The Morgan fingerprint density at radius 2 is 2.09 bits per heavy atom. The maximum absolute atomic E-state index is 5.59. The van der Waals surface area contributed by atoms with Gasteiger partial charge in [-0.1, -0.05) is 36.7 Å². The molecule has 2 heteroatoms. The Labute approximate surface area is 77.6 Å². The minimum Gasteiger partial charge on any atom is -0.377 e. The molecule has 1 saturated heterocycles. The van der Waals surface area contributed by atoms with Crippen LogP contribution in [0.25, 0.3) is 0 Å². The lowest BCUT2D eigenvalue weighted by Gasteiger charge is -2.25. The van der Waals surface area contributed by atoms with Crippen LogP contribution in [0.1, 0.15) is 27.2 Å². The third-order valence-electron chi connectivity index (χ3n) is 2.48. The highest BCUT2D eigenvalue weighted by Crippen LogP contribution is 2.35. The number of hydrogen-bond donors (Lipinski definition) is 0. The van der Waals surface area contributed by atoms with E-state index in [1.54, 1.807) is 0 Å². The van der Waals surface area contributed by atoms with Gasteiger partial charge in [0, 0.05) is 5.33 Å². The first-order valence-corrected chi connectivity index (χ1v) is 5.33. The summed E-state index contributed by atoms with van der Waals surface area (Å²) in [6.07, 6.45) is 1.67. The molecule has 1 nitrogen and oxygen atoms in total. The molecule has 0 aromatic heterocycles. The van der Waals surface area contributed by atoms with Crippen molar-refractivity contribution in [2.75, 3.05) is 11.9 Å². The molecular weight excluding hydrogens is 204 g/mol. The molecule has 1 aliphatic heterocycles. The number of rotatable bonds is 1. The highest BCUT2D eigenvalue weighted by molar-refractivity contribution is 9.09. The molecule has 2 unspecified atom stereocenters. The van der Waals surface area contributed by atoms with Gasteiger partial charge < -0.3 is 4.74 Å². The van der Waals surface area contributed by atoms with Gasteiger partial charge in [0.1, 0.15) is 0 Å². The minimum atomic E-state index is 0.414. The highest BCUT2D eigenvalue weighted by atomic mass is 79.9. The first-order valence-electron chi connectivity index (χ1n) is 4.21. The first-order chi connectivity index (χ1) is 5.04. The van der Waals surface area contributed by atoms with Crippen molar-refractivity contribution in [1.82, 2.24) is 0 Å². The van der Waals surface area contributed by atoms with E-state index in [1.165, 1.54) is 6.42 Å². The molecule has 0 spiro atoms. The number of halogens is 1. The van der Waals surface area contributed by atoms with Crippen LogP contribution in [0.3, 0.4) is 0 Å². The molecule has 1 rings (SSSR count). The molecule has 0 amide bonds. The number of hydrogen-bond acceptors (Lipinski definition) is 1. The molecule has 66 valence electrons. The van der Waals surface area contributed by atoms with Crippen molar-refractivity contribution in [1.29, 1.82) is 0 Å². The quantitative estimate of drug-likeness (QED) is 0.618. The summed E-state index contributed by atoms with van der Waals surface area (Å²) >= 11 is 3.45. The lowest BCUT2D eigenvalue weighted by atomic mass is 9.80. The van der Waals surface area contributed by atoms with Crippen LogP contribution in [0.2, 0.25) is 0 Å². The van der Waals surface area contributed by atoms with Crippen LogP contribution in [-0.4, -0.2) is 18.0 Å². The van der Waals surface area contributed by atoms with Crippen molar-refractivity contribution < 1.29 is 4.74 Å². The van der Waals surface area contributed by atoms with Crippen LogP contribution in [0.4, 0.5) is 0 Å². The second-order valence-corrected chi connectivity index (χ2v) is 5.06. The van der Waals surface area contributed by atoms with Gasteiger partial charge in [-0.15, -0.1) is 0 Å². The van der Waals surface area contributed by atoms with Crippen molar-refractivity contribution in [2.45, 2.75) is 33.3 Å². The topological polar surface area (TPSA) is 9.23 Å². The van der Waals surface area contributed by atoms with Crippen LogP contribution < -0.4 is 0 Å². The average Bonchev–Trinajstić information content (AvgIpc) is 2.32. The summed E-state index contributed by atoms with van der Waals surface area (Å²) in [5.41, 5.74) is 0.414. The van der Waals surface area contributed by atoms with Gasteiger partial charge in [-0.3, -0.25) is 0 Å². The average molecular weight is 221 g/mol. The predicted molar refractivity (Wildman–Crippen MR) is 51.1 cm³/mol. The smallest absolute Gasteiger partial charge is 0.0675 e. The molecule has 0 bridgehead atoms. The normalized spacial score (nSPS) is 32.7. The summed E-state index contributed by atoms with van der Waals surface area (Å²) in [6, 6.07) is 0. The molecule has 1 fully saturated rings. The largest absolute Gasteiger partial charge is 0.377 e. The Bertz CT molecular complexity index is 128. The Balaban J connectivity index is 2.42. The molecule has 11 heavy (non-hydrogen) atoms. The van der Waals surface area contributed by atoms with E-state index in [1.807, 2.05) is 0 Å². The van der Waals surface area contributed by atoms with E-state index in [0.717, 1.165) is 17.9 Å². The van der Waals surface area contributed by atoms with Crippen LogP contribution in [-0.2, 0) is 4.74 Å². The van der Waals surface area contributed by atoms with Crippen LogP contribution >= 0.6 is 15.9 Å². The first kappa shape index (κ1) is 9.53. The fraction of sp³-hybridized carbons (Fsp3) is 1.00. The van der Waals surface area contributed by atoms with E-state index >= 15 is 0 Å². The predicted octanol–water partition coefficient (Wildman–Crippen LogP) is 2.83. The Hall–Kier alpha value is 0.440. The van der Waals surface area contributed by atoms with Gasteiger partial charge in [0.25, 0.3) is 0 Å². The van der Waals surface area contributed by atoms with E-state index < -0.39 is 0 Å². The van der Waals surface area contributed by atoms with E-state index in [9.17, 15) is 0 Å². The van der Waals surface area contributed by atoms with E-state index in [4.69, 9.17) is 4.74 Å². The van der Waals surface area contributed by atoms with E-state index in [0.29, 0.717) is 11.5 Å². The van der Waals surface area contributed by atoms with Crippen molar-refractivity contribution >= 4 is 15.9 Å². The van der Waals surface area contributed by atoms with Crippen molar-refractivity contribution in [3.63, 3.8) is 0 Å². The molecule has 0 aliphatic carbocycles. The standard InChI is InChI=1S/C9H17BrO/c1-9(2,3)7-4-8(5-10)11-6-7/h7-8H,4-6H2,1-3H3.